The summed E-state index contributed by atoms with van der Waals surface area (Å²) in [6.45, 7) is 4.04. The van der Waals surface area contributed by atoms with Gasteiger partial charge in [-0.05, 0) is 44.9 Å². The minimum atomic E-state index is 0.0978. The third-order valence-electron chi connectivity index (χ3n) is 5.10. The highest BCUT2D eigenvalue weighted by molar-refractivity contribution is 4.81. The summed E-state index contributed by atoms with van der Waals surface area (Å²) in [6, 6.07) is 0. The fraction of sp³-hybridized carbons (Fsp3) is 0.913. The van der Waals surface area contributed by atoms with Crippen LogP contribution in [0.2, 0.25) is 0 Å². The molecule has 0 N–H and O–H groups in total. The molecule has 148 valence electrons. The van der Waals surface area contributed by atoms with Crippen LogP contribution in [0.25, 0.3) is 0 Å². The van der Waals surface area contributed by atoms with Gasteiger partial charge in [-0.2, -0.15) is 0 Å². The lowest BCUT2D eigenvalue weighted by atomic mass is 10.1. The molecule has 1 atom stereocenters. The monoisotopic (exact) mass is 352 g/mol. The van der Waals surface area contributed by atoms with Gasteiger partial charge in [0.05, 0.1) is 0 Å². The molecule has 0 aromatic rings. The number of unbranched alkanes of at least 4 members (excludes halogenated alkanes) is 12. The van der Waals surface area contributed by atoms with Crippen molar-refractivity contribution in [2.75, 3.05) is 13.2 Å². The summed E-state index contributed by atoms with van der Waals surface area (Å²) in [5.74, 6) is 0. The first-order valence-corrected chi connectivity index (χ1v) is 11.3. The predicted molar refractivity (Wildman–Crippen MR) is 109 cm³/mol. The summed E-state index contributed by atoms with van der Waals surface area (Å²) < 4.78 is 11.4. The molecule has 0 aromatic carbocycles. The Morgan fingerprint density at radius 3 is 1.96 bits per heavy atom. The first-order chi connectivity index (χ1) is 12.4. The van der Waals surface area contributed by atoms with E-state index < -0.39 is 0 Å². The van der Waals surface area contributed by atoms with Crippen molar-refractivity contribution >= 4 is 0 Å². The standard InChI is InChI=1S/C23H44O2/c1-2-3-4-5-6-7-8-9-10-11-12-13-14-15-16-18-21-24-23-20-17-19-22-25-23/h5-6,23H,2-4,7-22H2,1H3/b6-5+. The van der Waals surface area contributed by atoms with Crippen LogP contribution >= 0.6 is 0 Å². The normalized spacial score (nSPS) is 18.2. The maximum Gasteiger partial charge on any atom is 0.157 e. The van der Waals surface area contributed by atoms with E-state index in [1.165, 1.54) is 103 Å². The molecule has 0 aromatic heterocycles. The lowest BCUT2D eigenvalue weighted by Crippen LogP contribution is -2.22. The van der Waals surface area contributed by atoms with Crippen molar-refractivity contribution < 1.29 is 9.47 Å². The van der Waals surface area contributed by atoms with Gasteiger partial charge in [0.15, 0.2) is 6.29 Å². The van der Waals surface area contributed by atoms with Gasteiger partial charge in [-0.25, -0.2) is 0 Å². The van der Waals surface area contributed by atoms with Crippen molar-refractivity contribution in [2.24, 2.45) is 0 Å². The Morgan fingerprint density at radius 2 is 1.36 bits per heavy atom. The zero-order valence-electron chi connectivity index (χ0n) is 17.0. The molecule has 0 amide bonds. The van der Waals surface area contributed by atoms with Crippen molar-refractivity contribution in [3.05, 3.63) is 12.2 Å². The van der Waals surface area contributed by atoms with Crippen molar-refractivity contribution in [1.29, 1.82) is 0 Å². The second kappa shape index (κ2) is 18.5. The Morgan fingerprint density at radius 1 is 0.760 bits per heavy atom. The van der Waals surface area contributed by atoms with Crippen LogP contribution in [0.4, 0.5) is 0 Å². The van der Waals surface area contributed by atoms with Crippen LogP contribution in [-0.2, 0) is 9.47 Å². The van der Waals surface area contributed by atoms with Crippen molar-refractivity contribution in [3.8, 4) is 0 Å². The van der Waals surface area contributed by atoms with Crippen LogP contribution in [-0.4, -0.2) is 19.5 Å². The van der Waals surface area contributed by atoms with Crippen molar-refractivity contribution in [3.63, 3.8) is 0 Å². The summed E-state index contributed by atoms with van der Waals surface area (Å²) in [6.07, 6.45) is 27.4. The fourth-order valence-electron chi connectivity index (χ4n) is 3.39. The molecular weight excluding hydrogens is 308 g/mol. The van der Waals surface area contributed by atoms with E-state index in [2.05, 4.69) is 19.1 Å². The molecule has 0 aliphatic carbocycles. The van der Waals surface area contributed by atoms with Crippen molar-refractivity contribution in [1.82, 2.24) is 0 Å². The van der Waals surface area contributed by atoms with Gasteiger partial charge in [0.2, 0.25) is 0 Å². The Labute approximate surface area is 157 Å². The summed E-state index contributed by atoms with van der Waals surface area (Å²) in [5, 5.41) is 0. The van der Waals surface area contributed by atoms with E-state index in [-0.39, 0.29) is 6.29 Å². The first-order valence-electron chi connectivity index (χ1n) is 11.3. The Balaban J connectivity index is 1.68. The molecule has 1 unspecified atom stereocenters. The molecule has 2 nitrogen and oxygen atoms in total. The van der Waals surface area contributed by atoms with Gasteiger partial charge in [-0.3, -0.25) is 0 Å². The average Bonchev–Trinajstić information content (AvgIpc) is 2.65. The molecule has 0 radical (unpaired) electrons. The van der Waals surface area contributed by atoms with Crippen LogP contribution in [0.15, 0.2) is 12.2 Å². The lowest BCUT2D eigenvalue weighted by molar-refractivity contribution is -0.162. The number of hydrogen-bond donors (Lipinski definition) is 0. The molecule has 1 fully saturated rings. The molecule has 0 spiro atoms. The third kappa shape index (κ3) is 15.6. The molecule has 0 bridgehead atoms. The largest absolute Gasteiger partial charge is 0.353 e. The minimum absolute atomic E-state index is 0.0978. The van der Waals surface area contributed by atoms with Gasteiger partial charge in [0.25, 0.3) is 0 Å². The van der Waals surface area contributed by atoms with Gasteiger partial charge in [0, 0.05) is 13.2 Å². The molecule has 1 saturated heterocycles. The summed E-state index contributed by atoms with van der Waals surface area (Å²) in [4.78, 5) is 0. The lowest BCUT2D eigenvalue weighted by Gasteiger charge is -2.22. The number of ether oxygens (including phenoxy) is 2. The quantitative estimate of drug-likeness (QED) is 0.198. The first kappa shape index (κ1) is 22.7. The molecule has 0 saturated carbocycles. The van der Waals surface area contributed by atoms with E-state index in [1.54, 1.807) is 0 Å². The van der Waals surface area contributed by atoms with Crippen LogP contribution in [0.3, 0.4) is 0 Å². The zero-order chi connectivity index (χ0) is 17.8. The summed E-state index contributed by atoms with van der Waals surface area (Å²) >= 11 is 0. The SMILES string of the molecule is CCCC/C=C/CCCCCCCCCCCCOC1CCCCO1. The van der Waals surface area contributed by atoms with E-state index in [1.807, 2.05) is 0 Å². The maximum atomic E-state index is 5.78. The van der Waals surface area contributed by atoms with Gasteiger partial charge in [0.1, 0.15) is 0 Å². The van der Waals surface area contributed by atoms with E-state index in [0.29, 0.717) is 0 Å². The van der Waals surface area contributed by atoms with Gasteiger partial charge in [-0.15, -0.1) is 0 Å². The smallest absolute Gasteiger partial charge is 0.157 e. The van der Waals surface area contributed by atoms with Gasteiger partial charge < -0.3 is 9.47 Å². The highest BCUT2D eigenvalue weighted by atomic mass is 16.7. The Hall–Kier alpha value is -0.340. The fourth-order valence-corrected chi connectivity index (χ4v) is 3.39. The molecule has 1 heterocycles. The minimum Gasteiger partial charge on any atom is -0.353 e. The van der Waals surface area contributed by atoms with Crippen LogP contribution in [0.1, 0.15) is 116 Å². The summed E-state index contributed by atoms with van der Waals surface area (Å²) in [7, 11) is 0. The predicted octanol–water partition coefficient (Wildman–Crippen LogP) is 7.57. The van der Waals surface area contributed by atoms with E-state index in [9.17, 15) is 0 Å². The molecule has 1 aliphatic rings. The summed E-state index contributed by atoms with van der Waals surface area (Å²) in [5.41, 5.74) is 0. The van der Waals surface area contributed by atoms with E-state index in [4.69, 9.17) is 9.47 Å². The molecule has 25 heavy (non-hydrogen) atoms. The average molecular weight is 353 g/mol. The van der Waals surface area contributed by atoms with Gasteiger partial charge >= 0.3 is 0 Å². The molecule has 1 aliphatic heterocycles. The highest BCUT2D eigenvalue weighted by Gasteiger charge is 2.13. The van der Waals surface area contributed by atoms with E-state index in [0.717, 1.165) is 19.6 Å². The second-order valence-electron chi connectivity index (χ2n) is 7.60. The number of hydrogen-bond acceptors (Lipinski definition) is 2. The Bertz CT molecular complexity index is 282. The van der Waals surface area contributed by atoms with Crippen LogP contribution < -0.4 is 0 Å². The molecular formula is C23H44O2. The maximum absolute atomic E-state index is 5.78. The highest BCUT2D eigenvalue weighted by Crippen LogP contribution is 2.15. The Kier molecular flexibility index (Phi) is 16.8. The third-order valence-corrected chi connectivity index (χ3v) is 5.10. The van der Waals surface area contributed by atoms with E-state index >= 15 is 0 Å². The second-order valence-corrected chi connectivity index (χ2v) is 7.60. The number of rotatable bonds is 17. The van der Waals surface area contributed by atoms with Gasteiger partial charge in [-0.1, -0.05) is 83.3 Å². The topological polar surface area (TPSA) is 18.5 Å². The van der Waals surface area contributed by atoms with Crippen LogP contribution in [0.5, 0.6) is 0 Å². The molecule has 1 rings (SSSR count). The number of allylic oxidation sites excluding steroid dienone is 2. The molecule has 2 heteroatoms. The zero-order valence-corrected chi connectivity index (χ0v) is 17.0. The van der Waals surface area contributed by atoms with Crippen molar-refractivity contribution in [2.45, 2.75) is 122 Å². The van der Waals surface area contributed by atoms with Crippen LogP contribution in [0, 0.1) is 0 Å².